The molecule has 0 saturated heterocycles. The zero-order valence-electron chi connectivity index (χ0n) is 17.9. The van der Waals surface area contributed by atoms with Crippen LogP contribution in [0.2, 0.25) is 0 Å². The van der Waals surface area contributed by atoms with Crippen LogP contribution in [-0.2, 0) is 4.79 Å². The van der Waals surface area contributed by atoms with Gasteiger partial charge in [0.2, 0.25) is 5.91 Å². The predicted molar refractivity (Wildman–Crippen MR) is 112 cm³/mol. The Morgan fingerprint density at radius 2 is 2.00 bits per heavy atom. The standard InChI is InChI=1S/C21H34FN5O2/c1-5-7-12-27(18-10-8-9-17(22)13-18)21(29)25(4)15-19(24)20(28)26(11-6-2)16(3)14-23/h8-10,13,16,19,21,29H,5-7,11-12,15,24H2,1-4H3. The summed E-state index contributed by atoms with van der Waals surface area (Å²) < 4.78 is 13.7. The topological polar surface area (TPSA) is 96.8 Å². The first-order valence-electron chi connectivity index (χ1n) is 10.1. The zero-order valence-corrected chi connectivity index (χ0v) is 17.9. The smallest absolute Gasteiger partial charge is 0.241 e. The average molecular weight is 408 g/mol. The molecule has 0 aliphatic rings. The van der Waals surface area contributed by atoms with Crippen molar-refractivity contribution in [2.24, 2.45) is 5.73 Å². The minimum Gasteiger partial charge on any atom is -0.361 e. The Hall–Kier alpha value is -2.21. The van der Waals surface area contributed by atoms with Gasteiger partial charge in [0.1, 0.15) is 11.9 Å². The van der Waals surface area contributed by atoms with Crippen LogP contribution in [0.4, 0.5) is 10.1 Å². The summed E-state index contributed by atoms with van der Waals surface area (Å²) in [7, 11) is 1.66. The lowest BCUT2D eigenvalue weighted by atomic mass is 10.2. The summed E-state index contributed by atoms with van der Waals surface area (Å²) in [4.78, 5) is 17.4. The Balaban J connectivity index is 2.91. The molecule has 162 valence electrons. The Morgan fingerprint density at radius 3 is 2.55 bits per heavy atom. The first-order valence-corrected chi connectivity index (χ1v) is 10.1. The molecule has 0 aliphatic heterocycles. The van der Waals surface area contributed by atoms with Gasteiger partial charge in [-0.2, -0.15) is 5.26 Å². The van der Waals surface area contributed by atoms with E-state index in [9.17, 15) is 14.3 Å². The van der Waals surface area contributed by atoms with E-state index in [4.69, 9.17) is 11.0 Å². The molecule has 1 aromatic rings. The quantitative estimate of drug-likeness (QED) is 0.515. The first-order chi connectivity index (χ1) is 13.8. The second-order valence-corrected chi connectivity index (χ2v) is 7.26. The summed E-state index contributed by atoms with van der Waals surface area (Å²) in [5.41, 5.74) is 6.67. The summed E-state index contributed by atoms with van der Waals surface area (Å²) in [5.74, 6) is -0.711. The molecule has 0 heterocycles. The lowest BCUT2D eigenvalue weighted by Gasteiger charge is -2.37. The number of unbranched alkanes of at least 4 members (excludes halogenated alkanes) is 1. The molecule has 0 aliphatic carbocycles. The molecule has 0 radical (unpaired) electrons. The number of nitrogens with two attached hydrogens (primary N) is 1. The average Bonchev–Trinajstić information content (AvgIpc) is 2.71. The van der Waals surface area contributed by atoms with E-state index in [0.717, 1.165) is 12.8 Å². The van der Waals surface area contributed by atoms with Gasteiger partial charge in [0.15, 0.2) is 6.35 Å². The first kappa shape index (κ1) is 24.8. The van der Waals surface area contributed by atoms with Crippen molar-refractivity contribution in [2.75, 3.05) is 31.6 Å². The van der Waals surface area contributed by atoms with Crippen molar-refractivity contribution in [3.05, 3.63) is 30.1 Å². The van der Waals surface area contributed by atoms with Gasteiger partial charge in [-0.1, -0.05) is 26.3 Å². The molecule has 0 aromatic heterocycles. The third kappa shape index (κ3) is 7.28. The number of nitrogens with zero attached hydrogens (tertiary/aromatic N) is 4. The molecule has 3 unspecified atom stereocenters. The van der Waals surface area contributed by atoms with Crippen LogP contribution in [0.1, 0.15) is 40.0 Å². The summed E-state index contributed by atoms with van der Waals surface area (Å²) >= 11 is 0. The number of nitriles is 1. The third-order valence-electron chi connectivity index (χ3n) is 4.77. The fourth-order valence-electron chi connectivity index (χ4n) is 3.10. The molecule has 0 bridgehead atoms. The fourth-order valence-corrected chi connectivity index (χ4v) is 3.10. The molecule has 7 nitrogen and oxygen atoms in total. The van der Waals surface area contributed by atoms with Crippen molar-refractivity contribution in [3.63, 3.8) is 0 Å². The number of anilines is 1. The van der Waals surface area contributed by atoms with Crippen LogP contribution >= 0.6 is 0 Å². The highest BCUT2D eigenvalue weighted by atomic mass is 19.1. The van der Waals surface area contributed by atoms with Crippen LogP contribution in [0.15, 0.2) is 24.3 Å². The van der Waals surface area contributed by atoms with Gasteiger partial charge < -0.3 is 20.6 Å². The van der Waals surface area contributed by atoms with Crippen LogP contribution in [-0.4, -0.2) is 65.9 Å². The largest absolute Gasteiger partial charge is 0.361 e. The Morgan fingerprint density at radius 1 is 1.31 bits per heavy atom. The number of amides is 1. The van der Waals surface area contributed by atoms with E-state index < -0.39 is 18.4 Å². The SMILES string of the molecule is CCCCN(c1cccc(F)c1)C(O)N(C)CC(N)C(=O)N(CCC)C(C)C#N. The van der Waals surface area contributed by atoms with Crippen LogP contribution in [0.5, 0.6) is 0 Å². The number of halogens is 1. The van der Waals surface area contributed by atoms with Crippen LogP contribution < -0.4 is 10.6 Å². The second kappa shape index (κ2) is 12.4. The predicted octanol–water partition coefficient (Wildman–Crippen LogP) is 2.12. The molecule has 0 spiro atoms. The zero-order chi connectivity index (χ0) is 22.0. The summed E-state index contributed by atoms with van der Waals surface area (Å²) in [5, 5.41) is 20.0. The van der Waals surface area contributed by atoms with Gasteiger partial charge >= 0.3 is 0 Å². The molecule has 3 atom stereocenters. The van der Waals surface area contributed by atoms with Gasteiger partial charge in [-0.15, -0.1) is 0 Å². The number of hydrogen-bond donors (Lipinski definition) is 2. The van der Waals surface area contributed by atoms with E-state index in [-0.39, 0.29) is 18.3 Å². The van der Waals surface area contributed by atoms with Gasteiger partial charge in [0, 0.05) is 25.3 Å². The van der Waals surface area contributed by atoms with Gasteiger partial charge in [-0.3, -0.25) is 9.69 Å². The maximum atomic E-state index is 13.7. The number of aliphatic hydroxyl groups is 1. The fraction of sp³-hybridized carbons (Fsp3) is 0.619. The molecular weight excluding hydrogens is 373 g/mol. The summed E-state index contributed by atoms with van der Waals surface area (Å²) in [6, 6.07) is 6.66. The second-order valence-electron chi connectivity index (χ2n) is 7.26. The molecule has 1 aromatic carbocycles. The van der Waals surface area contributed by atoms with Crippen LogP contribution in [0, 0.1) is 17.1 Å². The molecule has 29 heavy (non-hydrogen) atoms. The molecule has 1 amide bonds. The minimum absolute atomic E-state index is 0.0936. The van der Waals surface area contributed by atoms with E-state index in [1.807, 2.05) is 13.8 Å². The lowest BCUT2D eigenvalue weighted by molar-refractivity contribution is -0.134. The number of likely N-dealkylation sites (N-methyl/N-ethyl adjacent to an activating group) is 1. The summed E-state index contributed by atoms with van der Waals surface area (Å²) in [6.07, 6.45) is 1.37. The lowest BCUT2D eigenvalue weighted by Crippen LogP contribution is -2.56. The molecule has 3 N–H and O–H groups in total. The highest BCUT2D eigenvalue weighted by Gasteiger charge is 2.28. The minimum atomic E-state index is -1.07. The summed E-state index contributed by atoms with van der Waals surface area (Å²) in [6.45, 7) is 6.69. The number of carbonyl (C=O) groups excluding carboxylic acids is 1. The van der Waals surface area contributed by atoms with Crippen molar-refractivity contribution in [1.29, 1.82) is 5.26 Å². The van der Waals surface area contributed by atoms with Gasteiger partial charge in [0.05, 0.1) is 12.1 Å². The Bertz CT molecular complexity index is 681. The third-order valence-corrected chi connectivity index (χ3v) is 4.77. The van der Waals surface area contributed by atoms with E-state index in [1.165, 1.54) is 17.0 Å². The van der Waals surface area contributed by atoms with Crippen molar-refractivity contribution >= 4 is 11.6 Å². The van der Waals surface area contributed by atoms with Crippen molar-refractivity contribution in [3.8, 4) is 6.07 Å². The van der Waals surface area contributed by atoms with Crippen molar-refractivity contribution in [2.45, 2.75) is 58.5 Å². The van der Waals surface area contributed by atoms with Gasteiger partial charge in [-0.05, 0) is 45.0 Å². The van der Waals surface area contributed by atoms with Crippen LogP contribution in [0.25, 0.3) is 0 Å². The van der Waals surface area contributed by atoms with Crippen LogP contribution in [0.3, 0.4) is 0 Å². The Labute approximate surface area is 173 Å². The number of carbonyl (C=O) groups is 1. The highest BCUT2D eigenvalue weighted by Crippen LogP contribution is 2.20. The van der Waals surface area contributed by atoms with Crippen molar-refractivity contribution < 1.29 is 14.3 Å². The molecule has 0 fully saturated rings. The number of hydrogen-bond acceptors (Lipinski definition) is 6. The molecule has 0 saturated carbocycles. The number of aliphatic hydroxyl groups excluding tert-OH is 1. The van der Waals surface area contributed by atoms with E-state index in [0.29, 0.717) is 25.2 Å². The number of benzene rings is 1. The highest BCUT2D eigenvalue weighted by molar-refractivity contribution is 5.82. The maximum absolute atomic E-state index is 13.7. The van der Waals surface area contributed by atoms with Gasteiger partial charge in [0.25, 0.3) is 0 Å². The van der Waals surface area contributed by atoms with Crippen molar-refractivity contribution in [1.82, 2.24) is 9.80 Å². The van der Waals surface area contributed by atoms with E-state index in [2.05, 4.69) is 6.07 Å². The van der Waals surface area contributed by atoms with Gasteiger partial charge in [-0.25, -0.2) is 4.39 Å². The van der Waals surface area contributed by atoms with E-state index >= 15 is 0 Å². The Kier molecular flexibility index (Phi) is 10.6. The maximum Gasteiger partial charge on any atom is 0.241 e. The van der Waals surface area contributed by atoms with E-state index in [1.54, 1.807) is 35.9 Å². The normalized spacial score (nSPS) is 14.2. The number of rotatable bonds is 12. The molecule has 1 rings (SSSR count). The molecule has 8 heteroatoms. The monoisotopic (exact) mass is 407 g/mol. The molecular formula is C21H34FN5O2.